The van der Waals surface area contributed by atoms with Crippen LogP contribution in [0.15, 0.2) is 12.5 Å². The van der Waals surface area contributed by atoms with Crippen LogP contribution in [0.4, 0.5) is 5.82 Å². The van der Waals surface area contributed by atoms with Gasteiger partial charge in [0, 0.05) is 36.6 Å². The Kier molecular flexibility index (Phi) is 13.0. The number of aromatic amines is 1. The molecule has 266 valence electrons. The van der Waals surface area contributed by atoms with E-state index in [9.17, 15) is 24.9 Å². The van der Waals surface area contributed by atoms with Crippen LogP contribution in [0.25, 0.3) is 11.0 Å². The predicted molar refractivity (Wildman–Crippen MR) is 177 cm³/mol. The lowest BCUT2D eigenvalue weighted by molar-refractivity contribution is -0.160. The molecule has 0 radical (unpaired) electrons. The van der Waals surface area contributed by atoms with E-state index in [0.717, 1.165) is 5.56 Å². The summed E-state index contributed by atoms with van der Waals surface area (Å²) in [6.45, 7) is 15.0. The molecule has 2 aliphatic carbocycles. The number of carbonyl (C=O) groups is 2. The summed E-state index contributed by atoms with van der Waals surface area (Å²) in [4.78, 5) is 33.7. The summed E-state index contributed by atoms with van der Waals surface area (Å²) in [5.74, 6) is -0.303. The van der Waals surface area contributed by atoms with Gasteiger partial charge in [0.15, 0.2) is 41.2 Å². The van der Waals surface area contributed by atoms with Crippen molar-refractivity contribution >= 4 is 40.8 Å². The van der Waals surface area contributed by atoms with Gasteiger partial charge >= 0.3 is 0 Å². The number of ether oxygens (including phenoxy) is 4. The Morgan fingerprint density at radius 2 is 1.57 bits per heavy atom. The number of rotatable bonds is 6. The number of aliphatic hydroxyl groups is 3. The van der Waals surface area contributed by atoms with Crippen LogP contribution in [0.5, 0.6) is 0 Å². The van der Waals surface area contributed by atoms with Crippen molar-refractivity contribution in [3.8, 4) is 0 Å². The number of aromatic nitrogens is 3. The quantitative estimate of drug-likeness (QED) is 0.297. The van der Waals surface area contributed by atoms with E-state index < -0.39 is 30.2 Å². The molecule has 4 aliphatic rings. The Hall–Kier alpha value is -2.23. The maximum absolute atomic E-state index is 11.5. The molecule has 0 bridgehead atoms. The number of H-pyrrole nitrogens is 1. The summed E-state index contributed by atoms with van der Waals surface area (Å²) in [6, 6.07) is 0. The van der Waals surface area contributed by atoms with Crippen molar-refractivity contribution < 1.29 is 43.9 Å². The van der Waals surface area contributed by atoms with Gasteiger partial charge in [0.05, 0.1) is 29.9 Å². The number of carbonyl (C=O) groups excluding carboxylic acids is 2. The minimum absolute atomic E-state index is 0. The fourth-order valence-electron chi connectivity index (χ4n) is 7.14. The topological polar surface area (TPSA) is 199 Å². The second kappa shape index (κ2) is 15.5. The summed E-state index contributed by atoms with van der Waals surface area (Å²) < 4.78 is 22.6. The second-order valence-electron chi connectivity index (χ2n) is 13.8. The maximum atomic E-state index is 11.5. The molecular formula is C33H53ClN4O9. The molecule has 10 atom stereocenters. The SMILES string of the molecule is CCC(=O)[C@H]1OC(C)(C)O[C@H]1C(C)=O.CC[C@H]1C[C@@H](C)[C@@H]2OC(C)(C)O[C@H]12.Cl.Nc1ncnc2c([C@@H]3C[C@H](CO)[C@@H](O)[C@H]3O)c[nH]c12. The Bertz CT molecular complexity index is 1370. The fraction of sp³-hybridized carbons (Fsp3) is 0.758. The second-order valence-corrected chi connectivity index (χ2v) is 13.8. The molecule has 0 aromatic carbocycles. The third-order valence-corrected chi connectivity index (χ3v) is 9.51. The number of nitrogen functional groups attached to an aromatic ring is 1. The lowest BCUT2D eigenvalue weighted by Gasteiger charge is -2.21. The standard InChI is InChI=1S/C12H16N4O3.C11H20O2.C10H16O4.ClH/c13-12-9-8(15-4-16-12)7(2-14-9)6-1-5(3-17)10(18)11(6)19;1-5-8-6-7(2)9-10(8)13-11(3,4)12-9;1-5-7(12)9-8(6(2)11)13-10(3,4)14-9;/h2,4-6,10-11,14,17-19H,1,3H2,(H2,13,15,16);7-10H,5-6H2,1-4H3;8-9H,5H2,1-4H3;1H/t5-,6+,10-,11+;7-,8+,9+,10-;8-,9+;/m110./s1. The molecule has 4 heterocycles. The summed E-state index contributed by atoms with van der Waals surface area (Å²) in [5, 5.41) is 29.2. The molecule has 2 aromatic heterocycles. The first-order valence-corrected chi connectivity index (χ1v) is 16.3. The molecule has 13 nitrogen and oxygen atoms in total. The third kappa shape index (κ3) is 8.50. The van der Waals surface area contributed by atoms with Crippen LogP contribution in [-0.2, 0) is 28.5 Å². The number of fused-ring (bicyclic) bond motifs is 2. The van der Waals surface area contributed by atoms with Crippen molar-refractivity contribution in [3.05, 3.63) is 18.1 Å². The average Bonchev–Trinajstić information content (AvgIpc) is 3.78. The highest BCUT2D eigenvalue weighted by Gasteiger charge is 2.51. The van der Waals surface area contributed by atoms with Crippen LogP contribution < -0.4 is 5.73 Å². The summed E-state index contributed by atoms with van der Waals surface area (Å²) in [7, 11) is 0. The van der Waals surface area contributed by atoms with Crippen LogP contribution in [-0.4, -0.2) is 96.6 Å². The van der Waals surface area contributed by atoms with Crippen LogP contribution in [0.1, 0.15) is 92.6 Å². The van der Waals surface area contributed by atoms with Crippen LogP contribution >= 0.6 is 12.4 Å². The molecule has 2 saturated heterocycles. The van der Waals surface area contributed by atoms with Crippen LogP contribution in [0.3, 0.4) is 0 Å². The van der Waals surface area contributed by atoms with Gasteiger partial charge in [-0.05, 0) is 59.3 Å². The first-order chi connectivity index (χ1) is 21.5. The predicted octanol–water partition coefficient (Wildman–Crippen LogP) is 3.43. The first-order valence-electron chi connectivity index (χ1n) is 16.3. The fourth-order valence-corrected chi connectivity index (χ4v) is 7.14. The summed E-state index contributed by atoms with van der Waals surface area (Å²) in [6.07, 6.45) is 3.86. The van der Waals surface area contributed by atoms with Gasteiger partial charge < -0.3 is 45.0 Å². The minimum Gasteiger partial charge on any atom is -0.396 e. The maximum Gasteiger partial charge on any atom is 0.165 e. The Balaban J connectivity index is 0.000000194. The van der Waals surface area contributed by atoms with Crippen molar-refractivity contribution in [1.82, 2.24) is 15.0 Å². The zero-order chi connectivity index (χ0) is 34.1. The third-order valence-electron chi connectivity index (χ3n) is 9.51. The van der Waals surface area contributed by atoms with Gasteiger partial charge in [0.2, 0.25) is 0 Å². The van der Waals surface area contributed by atoms with Crippen LogP contribution in [0.2, 0.25) is 0 Å². The van der Waals surface area contributed by atoms with Gasteiger partial charge in [-0.1, -0.05) is 27.2 Å². The lowest BCUT2D eigenvalue weighted by atomic mass is 9.96. The Morgan fingerprint density at radius 3 is 2.15 bits per heavy atom. The molecule has 2 aromatic rings. The molecule has 47 heavy (non-hydrogen) atoms. The van der Waals surface area contributed by atoms with E-state index in [4.69, 9.17) is 24.7 Å². The zero-order valence-electron chi connectivity index (χ0n) is 28.6. The van der Waals surface area contributed by atoms with Crippen molar-refractivity contribution in [3.63, 3.8) is 0 Å². The number of Topliss-reactive ketones (excluding diaryl/α,β-unsaturated/α-hetero) is 2. The number of hydrogen-bond acceptors (Lipinski definition) is 12. The number of aliphatic hydroxyl groups excluding tert-OH is 3. The zero-order valence-corrected chi connectivity index (χ0v) is 29.5. The van der Waals surface area contributed by atoms with E-state index in [0.29, 0.717) is 53.7 Å². The number of nitrogens with one attached hydrogen (secondary N) is 1. The van der Waals surface area contributed by atoms with E-state index in [-0.39, 0.29) is 48.2 Å². The van der Waals surface area contributed by atoms with Crippen molar-refractivity contribution in [2.45, 2.75) is 135 Å². The minimum atomic E-state index is -0.917. The van der Waals surface area contributed by atoms with E-state index >= 15 is 0 Å². The largest absolute Gasteiger partial charge is 0.396 e. The lowest BCUT2D eigenvalue weighted by Crippen LogP contribution is -2.35. The number of nitrogens with zero attached hydrogens (tertiary/aromatic N) is 2. The molecular weight excluding hydrogens is 632 g/mol. The van der Waals surface area contributed by atoms with Gasteiger partial charge in [-0.2, -0.15) is 0 Å². The van der Waals surface area contributed by atoms with Gasteiger partial charge in [-0.15, -0.1) is 12.4 Å². The number of anilines is 1. The van der Waals surface area contributed by atoms with E-state index in [1.165, 1.54) is 26.1 Å². The number of ketones is 2. The molecule has 2 aliphatic heterocycles. The first kappa shape index (κ1) is 39.2. The number of nitrogens with two attached hydrogens (primary N) is 1. The normalized spacial score (nSPS) is 34.9. The molecule has 0 amide bonds. The average molecular weight is 685 g/mol. The molecule has 14 heteroatoms. The van der Waals surface area contributed by atoms with Crippen LogP contribution in [0, 0.1) is 17.8 Å². The molecule has 0 spiro atoms. The molecule has 4 fully saturated rings. The molecule has 6 rings (SSSR count). The highest BCUT2D eigenvalue weighted by atomic mass is 35.5. The Morgan fingerprint density at radius 1 is 0.957 bits per heavy atom. The number of halogens is 1. The van der Waals surface area contributed by atoms with E-state index in [1.807, 2.05) is 13.8 Å². The van der Waals surface area contributed by atoms with Gasteiger partial charge in [0.25, 0.3) is 0 Å². The van der Waals surface area contributed by atoms with Gasteiger partial charge in [-0.3, -0.25) is 9.59 Å². The monoisotopic (exact) mass is 684 g/mol. The highest BCUT2D eigenvalue weighted by Crippen LogP contribution is 2.45. The van der Waals surface area contributed by atoms with Crippen molar-refractivity contribution in [2.75, 3.05) is 12.3 Å². The van der Waals surface area contributed by atoms with Gasteiger partial charge in [0.1, 0.15) is 11.8 Å². The number of hydrogen-bond donors (Lipinski definition) is 5. The Labute approximate surface area is 282 Å². The summed E-state index contributed by atoms with van der Waals surface area (Å²) >= 11 is 0. The summed E-state index contributed by atoms with van der Waals surface area (Å²) in [5.41, 5.74) is 7.83. The van der Waals surface area contributed by atoms with E-state index in [2.05, 4.69) is 28.8 Å². The molecule has 0 unspecified atom stereocenters. The van der Waals surface area contributed by atoms with E-state index in [1.54, 1.807) is 27.0 Å². The van der Waals surface area contributed by atoms with Crippen molar-refractivity contribution in [2.24, 2.45) is 17.8 Å². The highest BCUT2D eigenvalue weighted by molar-refractivity contribution is 5.92. The van der Waals surface area contributed by atoms with Gasteiger partial charge in [-0.25, -0.2) is 9.97 Å². The molecule has 2 saturated carbocycles. The smallest absolute Gasteiger partial charge is 0.165 e. The molecule has 6 N–H and O–H groups in total. The van der Waals surface area contributed by atoms with Crippen molar-refractivity contribution in [1.29, 1.82) is 0 Å².